The van der Waals surface area contributed by atoms with Crippen LogP contribution < -0.4 is 10.0 Å². The Morgan fingerprint density at radius 1 is 0.488 bits per heavy atom. The van der Waals surface area contributed by atoms with Crippen LogP contribution in [0.5, 0.6) is 0 Å². The van der Waals surface area contributed by atoms with E-state index in [9.17, 15) is 9.59 Å². The van der Waals surface area contributed by atoms with Crippen LogP contribution in [-0.4, -0.2) is 11.6 Å². The molecular formula is C36H23Cl3N2O2. The first-order valence-electron chi connectivity index (χ1n) is 13.4. The fourth-order valence-corrected chi connectivity index (χ4v) is 5.32. The smallest absolute Gasteiger partial charge is 0.212 e. The molecule has 7 heteroatoms. The van der Waals surface area contributed by atoms with Crippen molar-refractivity contribution in [3.63, 3.8) is 0 Å². The summed E-state index contributed by atoms with van der Waals surface area (Å²) in [6.45, 7) is 0. The number of hydrogen-bond donors (Lipinski definition) is 0. The molecule has 1 heterocycles. The van der Waals surface area contributed by atoms with Crippen LogP contribution in [0.25, 0.3) is 6.08 Å². The van der Waals surface area contributed by atoms with Crippen molar-refractivity contribution >= 4 is 63.8 Å². The van der Waals surface area contributed by atoms with Gasteiger partial charge in [0.15, 0.2) is 5.78 Å². The van der Waals surface area contributed by atoms with Crippen molar-refractivity contribution in [3.05, 3.63) is 182 Å². The minimum atomic E-state index is -0.335. The number of halogens is 3. The molecule has 0 aromatic heterocycles. The Hall–Kier alpha value is -4.61. The first-order chi connectivity index (χ1) is 20.9. The molecule has 1 aliphatic rings. The van der Waals surface area contributed by atoms with E-state index >= 15 is 0 Å². The number of hydrogen-bond acceptors (Lipinski definition) is 4. The Kier molecular flexibility index (Phi) is 8.17. The largest absolute Gasteiger partial charge is 0.288 e. The molecule has 6 rings (SSSR count). The predicted octanol–water partition coefficient (Wildman–Crippen LogP) is 9.95. The summed E-state index contributed by atoms with van der Waals surface area (Å²) >= 11 is 18.6. The summed E-state index contributed by atoms with van der Waals surface area (Å²) in [6, 6.07) is 39.8. The third-order valence-corrected chi connectivity index (χ3v) is 7.72. The van der Waals surface area contributed by atoms with Crippen LogP contribution in [0.3, 0.4) is 0 Å². The van der Waals surface area contributed by atoms with Crippen molar-refractivity contribution in [2.24, 2.45) is 0 Å². The van der Waals surface area contributed by atoms with Gasteiger partial charge in [-0.05, 0) is 96.6 Å². The lowest BCUT2D eigenvalue weighted by molar-refractivity contribution is 0.100. The predicted molar refractivity (Wildman–Crippen MR) is 176 cm³/mol. The molecule has 0 amide bonds. The van der Waals surface area contributed by atoms with Gasteiger partial charge in [0.2, 0.25) is 5.78 Å². The summed E-state index contributed by atoms with van der Waals surface area (Å²) in [4.78, 5) is 29.2. The van der Waals surface area contributed by atoms with E-state index in [1.165, 1.54) is 0 Å². The number of benzene rings is 5. The molecule has 0 bridgehead atoms. The highest BCUT2D eigenvalue weighted by Crippen LogP contribution is 2.43. The van der Waals surface area contributed by atoms with E-state index in [2.05, 4.69) is 0 Å². The molecule has 5 aromatic rings. The number of ketones is 2. The minimum Gasteiger partial charge on any atom is -0.288 e. The molecule has 0 saturated heterocycles. The summed E-state index contributed by atoms with van der Waals surface area (Å²) in [5, 5.41) is 5.30. The number of hydrazine groups is 1. The Balaban J connectivity index is 1.69. The van der Waals surface area contributed by atoms with Gasteiger partial charge in [0.05, 0.1) is 22.6 Å². The summed E-state index contributed by atoms with van der Waals surface area (Å²) in [6.07, 6.45) is 1.89. The summed E-state index contributed by atoms with van der Waals surface area (Å²) in [5.74, 6) is -0.660. The molecular weight excluding hydrogens is 599 g/mol. The molecule has 43 heavy (non-hydrogen) atoms. The van der Waals surface area contributed by atoms with Crippen LogP contribution in [0.4, 0.5) is 11.4 Å². The van der Waals surface area contributed by atoms with Crippen molar-refractivity contribution in [2.75, 3.05) is 10.0 Å². The third-order valence-electron chi connectivity index (χ3n) is 6.96. The maximum absolute atomic E-state index is 14.6. The molecule has 0 spiro atoms. The number of Topliss-reactive ketones (excluding diaryl/α,β-unsaturated/α-hetero) is 2. The van der Waals surface area contributed by atoms with Crippen LogP contribution in [0.15, 0.2) is 150 Å². The topological polar surface area (TPSA) is 40.6 Å². The Labute approximate surface area is 264 Å². The van der Waals surface area contributed by atoms with Crippen LogP contribution >= 0.6 is 34.8 Å². The Morgan fingerprint density at radius 3 is 1.40 bits per heavy atom. The van der Waals surface area contributed by atoms with Crippen molar-refractivity contribution in [3.8, 4) is 0 Å². The number of allylic oxidation sites excluding steroid dienone is 2. The van der Waals surface area contributed by atoms with E-state index in [4.69, 9.17) is 34.8 Å². The van der Waals surface area contributed by atoms with Gasteiger partial charge in [0.1, 0.15) is 5.70 Å². The van der Waals surface area contributed by atoms with Crippen LogP contribution in [0.2, 0.25) is 15.1 Å². The van der Waals surface area contributed by atoms with Gasteiger partial charge in [-0.3, -0.25) is 9.59 Å². The second-order valence-electron chi connectivity index (χ2n) is 9.77. The molecule has 4 nitrogen and oxygen atoms in total. The fraction of sp³-hybridized carbons (Fsp3) is 0. The van der Waals surface area contributed by atoms with Crippen LogP contribution in [0.1, 0.15) is 26.3 Å². The van der Waals surface area contributed by atoms with E-state index in [1.54, 1.807) is 65.7 Å². The second kappa shape index (κ2) is 12.3. The molecule has 0 N–H and O–H groups in total. The first-order valence-corrected chi connectivity index (χ1v) is 14.6. The highest BCUT2D eigenvalue weighted by atomic mass is 35.5. The van der Waals surface area contributed by atoms with E-state index in [0.717, 1.165) is 11.3 Å². The average molecular weight is 622 g/mol. The highest BCUT2D eigenvalue weighted by Gasteiger charge is 2.42. The van der Waals surface area contributed by atoms with E-state index in [-0.39, 0.29) is 22.8 Å². The monoisotopic (exact) mass is 620 g/mol. The van der Waals surface area contributed by atoms with Crippen LogP contribution in [0, 0.1) is 0 Å². The Morgan fingerprint density at radius 2 is 0.907 bits per heavy atom. The normalized spacial score (nSPS) is 14.0. The third kappa shape index (κ3) is 5.86. The molecule has 5 aromatic carbocycles. The lowest BCUT2D eigenvalue weighted by Gasteiger charge is -2.34. The zero-order valence-corrected chi connectivity index (χ0v) is 24.9. The zero-order valence-electron chi connectivity index (χ0n) is 22.6. The van der Waals surface area contributed by atoms with Crippen molar-refractivity contribution in [1.29, 1.82) is 0 Å². The number of nitrogens with zero attached hydrogens (tertiary/aromatic N) is 2. The quantitative estimate of drug-likeness (QED) is 0.170. The summed E-state index contributed by atoms with van der Waals surface area (Å²) in [5.41, 5.74) is 4.01. The number of carbonyl (C=O) groups is 2. The van der Waals surface area contributed by atoms with Gasteiger partial charge in [-0.25, -0.2) is 10.0 Å². The van der Waals surface area contributed by atoms with Gasteiger partial charge >= 0.3 is 0 Å². The standard InChI is InChI=1S/C36H23Cl3N2O2/c37-27-17-11-24(12-18-27)23-32-33(35(42)25-13-19-28(38)20-14-25)34(36(43)26-15-21-29(39)22-16-26)41(31-9-5-2-6-10-31)40(32)30-7-3-1-4-8-30/h1-23H/b32-23-. The lowest BCUT2D eigenvalue weighted by atomic mass is 9.95. The average Bonchev–Trinajstić information content (AvgIpc) is 3.37. The summed E-state index contributed by atoms with van der Waals surface area (Å²) in [7, 11) is 0. The zero-order chi connectivity index (χ0) is 29.9. The molecule has 210 valence electrons. The maximum atomic E-state index is 14.6. The molecule has 0 atom stereocenters. The van der Waals surface area contributed by atoms with Crippen molar-refractivity contribution < 1.29 is 9.59 Å². The second-order valence-corrected chi connectivity index (χ2v) is 11.1. The first kappa shape index (κ1) is 28.5. The summed E-state index contributed by atoms with van der Waals surface area (Å²) < 4.78 is 0. The van der Waals surface area contributed by atoms with Crippen LogP contribution in [-0.2, 0) is 0 Å². The van der Waals surface area contributed by atoms with E-state index < -0.39 is 0 Å². The highest BCUT2D eigenvalue weighted by molar-refractivity contribution is 6.31. The van der Waals surface area contributed by atoms with E-state index in [1.807, 2.05) is 83.9 Å². The SMILES string of the molecule is O=C(C1=C(C(=O)c2ccc(Cl)cc2)N(c2ccccc2)N(c2ccccc2)/C1=C\c1ccc(Cl)cc1)c1ccc(Cl)cc1. The van der Waals surface area contributed by atoms with Gasteiger partial charge in [-0.1, -0.05) is 83.3 Å². The number of carbonyl (C=O) groups excluding carboxylic acids is 2. The molecule has 0 unspecified atom stereocenters. The van der Waals surface area contributed by atoms with Gasteiger partial charge in [0, 0.05) is 26.2 Å². The van der Waals surface area contributed by atoms with Crippen molar-refractivity contribution in [2.45, 2.75) is 0 Å². The maximum Gasteiger partial charge on any atom is 0.212 e. The van der Waals surface area contributed by atoms with E-state index in [0.29, 0.717) is 37.6 Å². The number of para-hydroxylation sites is 2. The molecule has 0 aliphatic carbocycles. The fourth-order valence-electron chi connectivity index (χ4n) is 4.95. The number of anilines is 2. The molecule has 0 saturated carbocycles. The molecule has 1 aliphatic heterocycles. The van der Waals surface area contributed by atoms with Gasteiger partial charge in [0.25, 0.3) is 0 Å². The van der Waals surface area contributed by atoms with Crippen molar-refractivity contribution in [1.82, 2.24) is 0 Å². The molecule has 0 radical (unpaired) electrons. The minimum absolute atomic E-state index is 0.206. The van der Waals surface area contributed by atoms with Gasteiger partial charge in [-0.2, -0.15) is 0 Å². The van der Waals surface area contributed by atoms with Gasteiger partial charge < -0.3 is 0 Å². The lowest BCUT2D eigenvalue weighted by Crippen LogP contribution is -2.38. The Bertz CT molecular complexity index is 1850. The molecule has 0 fully saturated rings. The number of rotatable bonds is 7. The van der Waals surface area contributed by atoms with Gasteiger partial charge in [-0.15, -0.1) is 0 Å².